The number of carbonyl (C=O) groups excluding carboxylic acids is 2. The molecule has 0 saturated heterocycles. The van der Waals surface area contributed by atoms with Crippen LogP contribution in [0.25, 0.3) is 5.57 Å². The van der Waals surface area contributed by atoms with Crippen LogP contribution in [0.2, 0.25) is 0 Å². The van der Waals surface area contributed by atoms with E-state index < -0.39 is 0 Å². The Morgan fingerprint density at radius 3 is 2.80 bits per heavy atom. The summed E-state index contributed by atoms with van der Waals surface area (Å²) in [4.78, 5) is 30.7. The number of pyridine rings is 1. The molecule has 6 heteroatoms. The van der Waals surface area contributed by atoms with Crippen LogP contribution in [0.15, 0.2) is 42.6 Å². The van der Waals surface area contributed by atoms with Gasteiger partial charge in [-0.3, -0.25) is 19.5 Å². The van der Waals surface area contributed by atoms with E-state index in [9.17, 15) is 9.59 Å². The van der Waals surface area contributed by atoms with E-state index in [1.807, 2.05) is 6.07 Å². The first-order valence-electron chi connectivity index (χ1n) is 10.6. The van der Waals surface area contributed by atoms with E-state index in [1.54, 1.807) is 19.3 Å². The molecule has 154 valence electrons. The van der Waals surface area contributed by atoms with Crippen LogP contribution in [-0.2, 0) is 17.8 Å². The van der Waals surface area contributed by atoms with Gasteiger partial charge in [-0.25, -0.2) is 0 Å². The van der Waals surface area contributed by atoms with Crippen molar-refractivity contribution in [1.82, 2.24) is 15.2 Å². The number of amides is 2. The maximum atomic E-state index is 12.3. The highest BCUT2D eigenvalue weighted by Gasteiger charge is 2.51. The lowest BCUT2D eigenvalue weighted by molar-refractivity contribution is -0.121. The third-order valence-corrected chi connectivity index (χ3v) is 6.58. The molecule has 1 aromatic carbocycles. The van der Waals surface area contributed by atoms with Crippen LogP contribution < -0.4 is 10.6 Å². The SMILES string of the molecule is CNC(=O)c1ccc(C2=CCN(Cc3ccc4c(c3)NC(=O)C3(CC3)C4)CC2)cn1. The Hall–Kier alpha value is -2.99. The number of aromatic nitrogens is 1. The van der Waals surface area contributed by atoms with Gasteiger partial charge >= 0.3 is 0 Å². The standard InChI is InChI=1S/C24H26N4O2/c1-25-22(29)20-5-4-19(14-26-20)17-6-10-28(11-7-17)15-16-2-3-18-13-24(8-9-24)23(30)27-21(18)12-16/h2-6,12,14H,7-11,13,15H2,1H3,(H,25,29)(H,27,30). The van der Waals surface area contributed by atoms with Gasteiger partial charge in [0.05, 0.1) is 5.41 Å². The summed E-state index contributed by atoms with van der Waals surface area (Å²) in [5.74, 6) is 0.0348. The largest absolute Gasteiger partial charge is 0.354 e. The lowest BCUT2D eigenvalue weighted by Gasteiger charge is -2.28. The maximum Gasteiger partial charge on any atom is 0.269 e. The molecule has 1 saturated carbocycles. The van der Waals surface area contributed by atoms with Gasteiger partial charge in [0, 0.05) is 38.6 Å². The van der Waals surface area contributed by atoms with Crippen molar-refractivity contribution < 1.29 is 9.59 Å². The maximum absolute atomic E-state index is 12.3. The number of rotatable bonds is 4. The molecule has 0 bridgehead atoms. The number of nitrogens with zero attached hydrogens (tertiary/aromatic N) is 2. The molecule has 3 heterocycles. The molecule has 2 aliphatic heterocycles. The molecule has 2 aromatic rings. The second-order valence-electron chi connectivity index (χ2n) is 8.63. The fourth-order valence-electron chi connectivity index (χ4n) is 4.47. The molecular weight excluding hydrogens is 376 g/mol. The summed E-state index contributed by atoms with van der Waals surface area (Å²) in [6, 6.07) is 10.3. The molecule has 1 aromatic heterocycles. The van der Waals surface area contributed by atoms with Gasteiger partial charge < -0.3 is 10.6 Å². The van der Waals surface area contributed by atoms with Crippen LogP contribution in [0.4, 0.5) is 5.69 Å². The summed E-state index contributed by atoms with van der Waals surface area (Å²) in [6.45, 7) is 2.71. The summed E-state index contributed by atoms with van der Waals surface area (Å²) in [5, 5.41) is 5.72. The summed E-state index contributed by atoms with van der Waals surface area (Å²) in [6.07, 6.45) is 7.91. The molecule has 2 amide bonds. The van der Waals surface area contributed by atoms with Crippen LogP contribution in [-0.4, -0.2) is 41.8 Å². The lowest BCUT2D eigenvalue weighted by Crippen LogP contribution is -2.32. The molecule has 0 unspecified atom stereocenters. The number of anilines is 1. The van der Waals surface area contributed by atoms with Crippen molar-refractivity contribution in [3.05, 3.63) is 65.0 Å². The van der Waals surface area contributed by atoms with Crippen LogP contribution in [0.5, 0.6) is 0 Å². The van der Waals surface area contributed by atoms with E-state index in [4.69, 9.17) is 0 Å². The molecule has 2 N–H and O–H groups in total. The zero-order valence-corrected chi connectivity index (χ0v) is 17.2. The van der Waals surface area contributed by atoms with E-state index in [0.29, 0.717) is 5.69 Å². The van der Waals surface area contributed by atoms with Crippen LogP contribution in [0.3, 0.4) is 0 Å². The molecule has 1 aliphatic carbocycles. The molecular formula is C24H26N4O2. The summed E-state index contributed by atoms with van der Waals surface area (Å²) in [7, 11) is 1.61. The van der Waals surface area contributed by atoms with E-state index >= 15 is 0 Å². The van der Waals surface area contributed by atoms with Gasteiger partial charge in [0.25, 0.3) is 5.91 Å². The quantitative estimate of drug-likeness (QED) is 0.825. The third-order valence-electron chi connectivity index (χ3n) is 6.58. The molecule has 0 radical (unpaired) electrons. The van der Waals surface area contributed by atoms with Crippen molar-refractivity contribution in [1.29, 1.82) is 0 Å². The number of carbonyl (C=O) groups is 2. The summed E-state index contributed by atoms with van der Waals surface area (Å²) < 4.78 is 0. The van der Waals surface area contributed by atoms with E-state index in [0.717, 1.165) is 56.6 Å². The van der Waals surface area contributed by atoms with E-state index in [2.05, 4.69) is 44.8 Å². The first-order valence-corrected chi connectivity index (χ1v) is 10.6. The minimum Gasteiger partial charge on any atom is -0.354 e. The second kappa shape index (κ2) is 7.36. The average Bonchev–Trinajstić information content (AvgIpc) is 3.55. The summed E-state index contributed by atoms with van der Waals surface area (Å²) in [5.41, 5.74) is 6.17. The van der Waals surface area contributed by atoms with Gasteiger partial charge in [0.1, 0.15) is 5.69 Å². The topological polar surface area (TPSA) is 74.3 Å². The monoisotopic (exact) mass is 402 g/mol. The molecule has 5 rings (SSSR count). The highest BCUT2D eigenvalue weighted by molar-refractivity contribution is 6.00. The van der Waals surface area contributed by atoms with Gasteiger partial charge in [-0.15, -0.1) is 0 Å². The van der Waals surface area contributed by atoms with Crippen molar-refractivity contribution in [2.45, 2.75) is 32.2 Å². The number of hydrogen-bond acceptors (Lipinski definition) is 4. The zero-order chi connectivity index (χ0) is 20.7. The van der Waals surface area contributed by atoms with E-state index in [1.165, 1.54) is 16.7 Å². The van der Waals surface area contributed by atoms with Crippen LogP contribution in [0, 0.1) is 5.41 Å². The Kier molecular flexibility index (Phi) is 4.66. The Labute approximate surface area is 176 Å². The fourth-order valence-corrected chi connectivity index (χ4v) is 4.47. The normalized spacial score (nSPS) is 19.6. The zero-order valence-electron chi connectivity index (χ0n) is 17.2. The minimum atomic E-state index is -0.168. The van der Waals surface area contributed by atoms with Crippen molar-refractivity contribution >= 4 is 23.1 Å². The van der Waals surface area contributed by atoms with Crippen molar-refractivity contribution in [2.75, 3.05) is 25.5 Å². The minimum absolute atomic E-state index is 0.101. The average molecular weight is 402 g/mol. The Bertz CT molecular complexity index is 1040. The lowest BCUT2D eigenvalue weighted by atomic mass is 9.89. The molecule has 3 aliphatic rings. The highest BCUT2D eigenvalue weighted by Crippen LogP contribution is 2.52. The van der Waals surface area contributed by atoms with Crippen molar-refractivity contribution in [3.8, 4) is 0 Å². The first kappa shape index (κ1) is 19.0. The second-order valence-corrected chi connectivity index (χ2v) is 8.63. The predicted octanol–water partition coefficient (Wildman–Crippen LogP) is 3.01. The van der Waals surface area contributed by atoms with Crippen molar-refractivity contribution in [3.63, 3.8) is 0 Å². The Morgan fingerprint density at radius 2 is 2.13 bits per heavy atom. The molecule has 30 heavy (non-hydrogen) atoms. The molecule has 1 spiro atoms. The predicted molar refractivity (Wildman–Crippen MR) is 116 cm³/mol. The van der Waals surface area contributed by atoms with Gasteiger partial charge in [0.2, 0.25) is 5.91 Å². The van der Waals surface area contributed by atoms with Crippen LogP contribution >= 0.6 is 0 Å². The van der Waals surface area contributed by atoms with E-state index in [-0.39, 0.29) is 17.2 Å². The van der Waals surface area contributed by atoms with Crippen molar-refractivity contribution in [2.24, 2.45) is 5.41 Å². The van der Waals surface area contributed by atoms with Gasteiger partial charge in [-0.2, -0.15) is 0 Å². The first-order chi connectivity index (χ1) is 14.6. The molecule has 6 nitrogen and oxygen atoms in total. The molecule has 0 atom stereocenters. The van der Waals surface area contributed by atoms with Gasteiger partial charge in [0.15, 0.2) is 0 Å². The smallest absolute Gasteiger partial charge is 0.269 e. The fraction of sp³-hybridized carbons (Fsp3) is 0.375. The number of hydrogen-bond donors (Lipinski definition) is 2. The highest BCUT2D eigenvalue weighted by atomic mass is 16.2. The van der Waals surface area contributed by atoms with Crippen LogP contribution in [0.1, 0.15) is 46.4 Å². The Balaban J connectivity index is 1.23. The van der Waals surface area contributed by atoms with Gasteiger partial charge in [-0.1, -0.05) is 24.3 Å². The number of fused-ring (bicyclic) bond motifs is 1. The Morgan fingerprint density at radius 1 is 1.27 bits per heavy atom. The number of benzene rings is 1. The van der Waals surface area contributed by atoms with Gasteiger partial charge in [-0.05, 0) is 60.1 Å². The third kappa shape index (κ3) is 3.52. The number of nitrogens with one attached hydrogen (secondary N) is 2. The summed E-state index contributed by atoms with van der Waals surface area (Å²) >= 11 is 0. The molecule has 1 fully saturated rings.